The summed E-state index contributed by atoms with van der Waals surface area (Å²) in [6.45, 7) is 0.0700. The van der Waals surface area contributed by atoms with Gasteiger partial charge in [-0.15, -0.1) is 0 Å². The van der Waals surface area contributed by atoms with E-state index in [-0.39, 0.29) is 17.1 Å². The summed E-state index contributed by atoms with van der Waals surface area (Å²) < 4.78 is 48.9. The highest BCUT2D eigenvalue weighted by Gasteiger charge is 2.40. The van der Waals surface area contributed by atoms with Crippen molar-refractivity contribution in [2.24, 2.45) is 0 Å². The molecule has 18 heavy (non-hydrogen) atoms. The van der Waals surface area contributed by atoms with Gasteiger partial charge in [-0.1, -0.05) is 0 Å². The van der Waals surface area contributed by atoms with E-state index in [4.69, 9.17) is 0 Å². The number of nitro groups is 1. The lowest BCUT2D eigenvalue weighted by Crippen LogP contribution is -2.35. The van der Waals surface area contributed by atoms with Crippen LogP contribution in [0.2, 0.25) is 0 Å². The minimum atomic E-state index is -4.22. The van der Waals surface area contributed by atoms with Crippen LogP contribution < -0.4 is 5.32 Å². The molecule has 1 rings (SSSR count). The highest BCUT2D eigenvalue weighted by Crippen LogP contribution is 2.24. The molecule has 0 saturated carbocycles. The molecule has 0 spiro atoms. The lowest BCUT2D eigenvalue weighted by molar-refractivity contribution is -0.385. The lowest BCUT2D eigenvalue weighted by Gasteiger charge is -2.16. The molecule has 0 radical (unpaired) electrons. The summed E-state index contributed by atoms with van der Waals surface area (Å²) in [5, 5.41) is 12.5. The summed E-state index contributed by atoms with van der Waals surface area (Å²) in [6, 6.07) is 0.914. The molecule has 0 aliphatic heterocycles. The predicted molar refractivity (Wildman–Crippen MR) is 55.1 cm³/mol. The summed E-state index contributed by atoms with van der Waals surface area (Å²) in [4.78, 5) is 13.4. The van der Waals surface area contributed by atoms with Crippen molar-refractivity contribution in [3.05, 3.63) is 27.9 Å². The van der Waals surface area contributed by atoms with Crippen LogP contribution in [0, 0.1) is 17.0 Å². The second-order valence-corrected chi connectivity index (χ2v) is 3.53. The van der Waals surface area contributed by atoms with E-state index >= 15 is 0 Å². The Morgan fingerprint density at radius 1 is 1.56 bits per heavy atom. The van der Waals surface area contributed by atoms with Crippen LogP contribution in [0.3, 0.4) is 0 Å². The van der Waals surface area contributed by atoms with Gasteiger partial charge in [0.25, 0.3) is 5.69 Å². The molecule has 9 heteroatoms. The molecule has 0 aliphatic rings. The van der Waals surface area contributed by atoms with Gasteiger partial charge >= 0.3 is 12.3 Å². The molecule has 0 aliphatic carbocycles. The summed E-state index contributed by atoms with van der Waals surface area (Å²) in [6.07, 6.45) is -2.72. The topological polar surface area (TPSA) is 68.1 Å². The fourth-order valence-corrected chi connectivity index (χ4v) is 1.09. The molecular weight excluding hydrogens is 258 g/mol. The van der Waals surface area contributed by atoms with Gasteiger partial charge in [-0.05, 0) is 6.92 Å². The van der Waals surface area contributed by atoms with E-state index < -0.39 is 23.8 Å². The number of hydrogen-bond acceptors (Lipinski definition) is 4. The first kappa shape index (κ1) is 14.1. The third-order valence-corrected chi connectivity index (χ3v) is 2.10. The number of rotatable bonds is 5. The smallest absolute Gasteiger partial charge is 0.324 e. The Bertz CT molecular complexity index is 453. The zero-order valence-corrected chi connectivity index (χ0v) is 9.16. The Morgan fingerprint density at radius 2 is 2.17 bits per heavy atom. The maximum Gasteiger partial charge on any atom is 0.324 e. The van der Waals surface area contributed by atoms with E-state index in [9.17, 15) is 27.7 Å². The van der Waals surface area contributed by atoms with Crippen molar-refractivity contribution in [2.45, 2.75) is 19.3 Å². The number of pyridine rings is 1. The number of halogens is 4. The third-order valence-electron chi connectivity index (χ3n) is 2.10. The van der Waals surface area contributed by atoms with E-state index in [0.717, 1.165) is 12.3 Å². The number of aromatic nitrogens is 1. The van der Waals surface area contributed by atoms with Gasteiger partial charge in [-0.3, -0.25) is 10.1 Å². The van der Waals surface area contributed by atoms with Gasteiger partial charge in [0.1, 0.15) is 5.82 Å². The molecule has 0 aromatic carbocycles. The molecule has 0 fully saturated rings. The monoisotopic (exact) mass is 267 g/mol. The summed E-state index contributed by atoms with van der Waals surface area (Å²) in [7, 11) is 0. The van der Waals surface area contributed by atoms with Crippen LogP contribution in [0.15, 0.2) is 12.3 Å². The van der Waals surface area contributed by atoms with Crippen LogP contribution in [0.4, 0.5) is 29.1 Å². The van der Waals surface area contributed by atoms with Crippen molar-refractivity contribution >= 4 is 11.5 Å². The van der Waals surface area contributed by atoms with E-state index in [1.54, 1.807) is 0 Å². The van der Waals surface area contributed by atoms with Gasteiger partial charge in [-0.25, -0.2) is 13.8 Å². The second-order valence-electron chi connectivity index (χ2n) is 3.53. The number of alkyl halides is 4. The molecule has 0 saturated heterocycles. The number of hydrogen-bond donors (Lipinski definition) is 1. The SMILES string of the molecule is Cc1cnc(NCC(F)(F)C(F)F)cc1[N+](=O)[O-]. The van der Waals surface area contributed by atoms with Gasteiger partial charge in [-0.2, -0.15) is 8.78 Å². The van der Waals surface area contributed by atoms with Gasteiger partial charge in [0.2, 0.25) is 0 Å². The highest BCUT2D eigenvalue weighted by molar-refractivity contribution is 5.49. The quantitative estimate of drug-likeness (QED) is 0.506. The Hall–Kier alpha value is -1.93. The first-order chi connectivity index (χ1) is 8.24. The van der Waals surface area contributed by atoms with E-state index in [1.165, 1.54) is 6.92 Å². The van der Waals surface area contributed by atoms with E-state index in [1.807, 2.05) is 5.32 Å². The minimum Gasteiger partial charge on any atom is -0.364 e. The van der Waals surface area contributed by atoms with Gasteiger partial charge < -0.3 is 5.32 Å². The normalized spacial score (nSPS) is 11.7. The Morgan fingerprint density at radius 3 is 2.67 bits per heavy atom. The number of anilines is 1. The van der Waals surface area contributed by atoms with Gasteiger partial charge in [0, 0.05) is 11.8 Å². The molecule has 0 bridgehead atoms. The molecule has 1 aromatic heterocycles. The van der Waals surface area contributed by atoms with E-state index in [0.29, 0.717) is 0 Å². The average Bonchev–Trinajstić information content (AvgIpc) is 2.27. The first-order valence-corrected chi connectivity index (χ1v) is 4.75. The first-order valence-electron chi connectivity index (χ1n) is 4.75. The maximum absolute atomic E-state index is 12.6. The molecule has 1 heterocycles. The number of nitrogens with zero attached hydrogens (tertiary/aromatic N) is 2. The van der Waals surface area contributed by atoms with Crippen molar-refractivity contribution in [1.29, 1.82) is 0 Å². The van der Waals surface area contributed by atoms with Gasteiger partial charge in [0.15, 0.2) is 0 Å². The number of nitrogens with one attached hydrogen (secondary N) is 1. The van der Waals surface area contributed by atoms with Crippen LogP contribution in [-0.2, 0) is 0 Å². The molecule has 0 unspecified atom stereocenters. The molecular formula is C9H9F4N3O2. The second kappa shape index (κ2) is 5.15. The van der Waals surface area contributed by atoms with Crippen LogP contribution >= 0.6 is 0 Å². The van der Waals surface area contributed by atoms with Crippen LogP contribution in [-0.4, -0.2) is 28.8 Å². The van der Waals surface area contributed by atoms with Crippen LogP contribution in [0.1, 0.15) is 5.56 Å². The summed E-state index contributed by atoms with van der Waals surface area (Å²) in [5.74, 6) is -4.48. The molecule has 1 aromatic rings. The largest absolute Gasteiger partial charge is 0.364 e. The lowest BCUT2D eigenvalue weighted by atomic mass is 10.2. The zero-order valence-electron chi connectivity index (χ0n) is 9.16. The van der Waals surface area contributed by atoms with Crippen LogP contribution in [0.25, 0.3) is 0 Å². The third kappa shape index (κ3) is 3.28. The van der Waals surface area contributed by atoms with Crippen LogP contribution in [0.5, 0.6) is 0 Å². The maximum atomic E-state index is 12.6. The molecule has 5 nitrogen and oxygen atoms in total. The molecule has 0 atom stereocenters. The fourth-order valence-electron chi connectivity index (χ4n) is 1.09. The predicted octanol–water partition coefficient (Wildman–Crippen LogP) is 2.61. The fraction of sp³-hybridized carbons (Fsp3) is 0.444. The van der Waals surface area contributed by atoms with E-state index in [2.05, 4.69) is 4.98 Å². The van der Waals surface area contributed by atoms with Gasteiger partial charge in [0.05, 0.1) is 17.5 Å². The Labute approximate surface area is 99.0 Å². The number of aryl methyl sites for hydroxylation is 1. The minimum absolute atomic E-state index is 0.242. The van der Waals surface area contributed by atoms with Crippen molar-refractivity contribution in [3.8, 4) is 0 Å². The Kier molecular flexibility index (Phi) is 4.04. The molecule has 100 valence electrons. The van der Waals surface area contributed by atoms with Crippen molar-refractivity contribution in [2.75, 3.05) is 11.9 Å². The standard InChI is InChI=1S/C9H9F4N3O2/c1-5-3-14-7(2-6(5)16(17)18)15-4-9(12,13)8(10)11/h2-3,8H,4H2,1H3,(H,14,15). The molecule has 0 amide bonds. The highest BCUT2D eigenvalue weighted by atomic mass is 19.3. The van der Waals surface area contributed by atoms with Crippen molar-refractivity contribution < 1.29 is 22.5 Å². The Balaban J connectivity index is 2.81. The zero-order chi connectivity index (χ0) is 13.9. The van der Waals surface area contributed by atoms with Crippen molar-refractivity contribution in [1.82, 2.24) is 4.98 Å². The summed E-state index contributed by atoms with van der Waals surface area (Å²) in [5.41, 5.74) is -0.0842. The summed E-state index contributed by atoms with van der Waals surface area (Å²) >= 11 is 0. The van der Waals surface area contributed by atoms with Crippen molar-refractivity contribution in [3.63, 3.8) is 0 Å². The average molecular weight is 267 g/mol. The molecule has 1 N–H and O–H groups in total.